The number of hydrogen-bond acceptors (Lipinski definition) is 2. The minimum absolute atomic E-state index is 0.217. The van der Waals surface area contributed by atoms with Crippen molar-refractivity contribution >= 4 is 5.78 Å². The molecule has 0 aliphatic carbocycles. The monoisotopic (exact) mass is 141 g/mol. The van der Waals surface area contributed by atoms with Crippen LogP contribution in [-0.2, 0) is 4.79 Å². The molecule has 0 unspecified atom stereocenters. The minimum Gasteiger partial charge on any atom is -0.310 e. The van der Waals surface area contributed by atoms with Crippen LogP contribution in [0.3, 0.4) is 0 Å². The molecule has 0 spiro atoms. The fourth-order valence-electron chi connectivity index (χ4n) is 0.664. The van der Waals surface area contributed by atoms with Gasteiger partial charge in [0, 0.05) is 6.42 Å². The highest BCUT2D eigenvalue weighted by molar-refractivity contribution is 5.82. The highest BCUT2D eigenvalue weighted by atomic mass is 16.1. The van der Waals surface area contributed by atoms with Gasteiger partial charge in [-0.15, -0.1) is 0 Å². The first-order chi connectivity index (χ1) is 4.66. The molecule has 0 aliphatic heterocycles. The first-order valence-electron chi connectivity index (χ1n) is 3.53. The summed E-state index contributed by atoms with van der Waals surface area (Å²) in [5.74, 6) is 0.217. The van der Waals surface area contributed by atoms with Crippen LogP contribution in [0.2, 0.25) is 0 Å². The number of carbonyl (C=O) groups is 1. The predicted molar refractivity (Wildman–Crippen MR) is 43.0 cm³/mol. The van der Waals surface area contributed by atoms with E-state index in [0.717, 1.165) is 12.1 Å². The molecule has 0 saturated carbocycles. The molecule has 0 aliphatic rings. The van der Waals surface area contributed by atoms with E-state index in [1.54, 1.807) is 0 Å². The molecule has 0 heterocycles. The Balaban J connectivity index is 3.35. The van der Waals surface area contributed by atoms with Gasteiger partial charge in [0.2, 0.25) is 0 Å². The van der Waals surface area contributed by atoms with Gasteiger partial charge in [-0.05, 0) is 13.5 Å². The third-order valence-electron chi connectivity index (χ3n) is 1.07. The SMILES string of the molecule is C=C(C)CC(=O)CNCC. The summed E-state index contributed by atoms with van der Waals surface area (Å²) in [7, 11) is 0. The summed E-state index contributed by atoms with van der Waals surface area (Å²) in [5, 5.41) is 2.96. The number of carbonyl (C=O) groups excluding carboxylic acids is 1. The van der Waals surface area contributed by atoms with E-state index in [1.807, 2.05) is 13.8 Å². The van der Waals surface area contributed by atoms with Gasteiger partial charge < -0.3 is 5.32 Å². The molecule has 0 saturated heterocycles. The van der Waals surface area contributed by atoms with Crippen molar-refractivity contribution in [2.45, 2.75) is 20.3 Å². The van der Waals surface area contributed by atoms with Crippen molar-refractivity contribution < 1.29 is 4.79 Å². The van der Waals surface area contributed by atoms with Crippen LogP contribution in [-0.4, -0.2) is 18.9 Å². The molecule has 10 heavy (non-hydrogen) atoms. The zero-order chi connectivity index (χ0) is 7.98. The summed E-state index contributed by atoms with van der Waals surface area (Å²) < 4.78 is 0. The molecule has 0 aromatic carbocycles. The van der Waals surface area contributed by atoms with E-state index in [4.69, 9.17) is 0 Å². The molecule has 0 bridgehead atoms. The Hall–Kier alpha value is -0.630. The predicted octanol–water partition coefficient (Wildman–Crippen LogP) is 1.13. The minimum atomic E-state index is 0.217. The molecular formula is C8H15NO. The maximum atomic E-state index is 10.9. The molecule has 0 fully saturated rings. The van der Waals surface area contributed by atoms with E-state index in [-0.39, 0.29) is 5.78 Å². The lowest BCUT2D eigenvalue weighted by Gasteiger charge is -1.99. The van der Waals surface area contributed by atoms with Crippen molar-refractivity contribution in [2.24, 2.45) is 0 Å². The van der Waals surface area contributed by atoms with Crippen LogP contribution in [0.25, 0.3) is 0 Å². The van der Waals surface area contributed by atoms with Gasteiger partial charge in [0.1, 0.15) is 0 Å². The molecule has 0 aromatic heterocycles. The van der Waals surface area contributed by atoms with Crippen LogP contribution in [0, 0.1) is 0 Å². The van der Waals surface area contributed by atoms with Gasteiger partial charge in [-0.25, -0.2) is 0 Å². The third-order valence-corrected chi connectivity index (χ3v) is 1.07. The molecule has 0 atom stereocenters. The van der Waals surface area contributed by atoms with E-state index in [9.17, 15) is 4.79 Å². The number of hydrogen-bond donors (Lipinski definition) is 1. The van der Waals surface area contributed by atoms with Gasteiger partial charge in [-0.3, -0.25) is 4.79 Å². The lowest BCUT2D eigenvalue weighted by Crippen LogP contribution is -2.22. The lowest BCUT2D eigenvalue weighted by molar-refractivity contribution is -0.117. The van der Waals surface area contributed by atoms with Gasteiger partial charge in [-0.1, -0.05) is 19.1 Å². The number of nitrogens with one attached hydrogen (secondary N) is 1. The first-order valence-corrected chi connectivity index (χ1v) is 3.53. The molecule has 0 rings (SSSR count). The van der Waals surface area contributed by atoms with Crippen molar-refractivity contribution in [3.05, 3.63) is 12.2 Å². The Morgan fingerprint density at radius 2 is 2.20 bits per heavy atom. The quantitative estimate of drug-likeness (QED) is 0.581. The van der Waals surface area contributed by atoms with Gasteiger partial charge in [0.25, 0.3) is 0 Å². The maximum Gasteiger partial charge on any atom is 0.150 e. The molecule has 2 nitrogen and oxygen atoms in total. The van der Waals surface area contributed by atoms with Crippen LogP contribution in [0.15, 0.2) is 12.2 Å². The zero-order valence-electron chi connectivity index (χ0n) is 6.74. The van der Waals surface area contributed by atoms with Crippen molar-refractivity contribution in [1.29, 1.82) is 0 Å². The van der Waals surface area contributed by atoms with Gasteiger partial charge in [0.05, 0.1) is 6.54 Å². The Bertz CT molecular complexity index is 129. The first kappa shape index (κ1) is 9.37. The summed E-state index contributed by atoms with van der Waals surface area (Å²) in [4.78, 5) is 10.9. The molecule has 0 radical (unpaired) electrons. The van der Waals surface area contributed by atoms with Crippen molar-refractivity contribution in [3.8, 4) is 0 Å². The van der Waals surface area contributed by atoms with E-state index in [1.165, 1.54) is 0 Å². The summed E-state index contributed by atoms with van der Waals surface area (Å²) in [5.41, 5.74) is 0.933. The fraction of sp³-hybridized carbons (Fsp3) is 0.625. The van der Waals surface area contributed by atoms with Crippen LogP contribution >= 0.6 is 0 Å². The van der Waals surface area contributed by atoms with Crippen molar-refractivity contribution in [1.82, 2.24) is 5.32 Å². The van der Waals surface area contributed by atoms with Gasteiger partial charge in [0.15, 0.2) is 5.78 Å². The number of Topliss-reactive ketones (excluding diaryl/α,β-unsaturated/α-hetero) is 1. The summed E-state index contributed by atoms with van der Waals surface area (Å²) >= 11 is 0. The van der Waals surface area contributed by atoms with Crippen LogP contribution < -0.4 is 5.32 Å². The maximum absolute atomic E-state index is 10.9. The average molecular weight is 141 g/mol. The Morgan fingerprint density at radius 3 is 2.60 bits per heavy atom. The number of ketones is 1. The molecule has 0 amide bonds. The number of likely N-dealkylation sites (N-methyl/N-ethyl adjacent to an activating group) is 1. The van der Waals surface area contributed by atoms with E-state index in [2.05, 4.69) is 11.9 Å². The number of rotatable bonds is 5. The second-order valence-corrected chi connectivity index (χ2v) is 2.45. The highest BCUT2D eigenvalue weighted by Crippen LogP contribution is 1.94. The average Bonchev–Trinajstić information content (AvgIpc) is 1.82. The molecular weight excluding hydrogens is 126 g/mol. The van der Waals surface area contributed by atoms with Gasteiger partial charge in [-0.2, -0.15) is 0 Å². The third kappa shape index (κ3) is 5.51. The van der Waals surface area contributed by atoms with Crippen molar-refractivity contribution in [3.63, 3.8) is 0 Å². The largest absolute Gasteiger partial charge is 0.310 e. The molecule has 0 aromatic rings. The Kier molecular flexibility index (Phi) is 4.85. The fourth-order valence-corrected chi connectivity index (χ4v) is 0.664. The van der Waals surface area contributed by atoms with Crippen LogP contribution in [0.4, 0.5) is 0 Å². The van der Waals surface area contributed by atoms with E-state index >= 15 is 0 Å². The normalized spacial score (nSPS) is 9.40. The van der Waals surface area contributed by atoms with Crippen LogP contribution in [0.1, 0.15) is 20.3 Å². The second-order valence-electron chi connectivity index (χ2n) is 2.45. The lowest BCUT2D eigenvalue weighted by atomic mass is 10.2. The van der Waals surface area contributed by atoms with E-state index < -0.39 is 0 Å². The number of allylic oxidation sites excluding steroid dienone is 1. The van der Waals surface area contributed by atoms with Crippen molar-refractivity contribution in [2.75, 3.05) is 13.1 Å². The smallest absolute Gasteiger partial charge is 0.150 e. The second kappa shape index (κ2) is 5.18. The molecule has 1 N–H and O–H groups in total. The summed E-state index contributed by atoms with van der Waals surface area (Å²) in [6.07, 6.45) is 0.507. The Labute approximate surface area is 62.3 Å². The molecule has 2 heteroatoms. The Morgan fingerprint density at radius 1 is 1.60 bits per heavy atom. The van der Waals surface area contributed by atoms with Crippen LogP contribution in [0.5, 0.6) is 0 Å². The molecule has 58 valence electrons. The summed E-state index contributed by atoms with van der Waals surface area (Å²) in [6.45, 7) is 8.82. The van der Waals surface area contributed by atoms with E-state index in [0.29, 0.717) is 13.0 Å². The standard InChI is InChI=1S/C8H15NO/c1-4-9-6-8(10)5-7(2)3/h9H,2,4-6H2,1,3H3. The topological polar surface area (TPSA) is 29.1 Å². The summed E-state index contributed by atoms with van der Waals surface area (Å²) in [6, 6.07) is 0. The van der Waals surface area contributed by atoms with Gasteiger partial charge >= 0.3 is 0 Å². The highest BCUT2D eigenvalue weighted by Gasteiger charge is 1.98. The zero-order valence-corrected chi connectivity index (χ0v) is 6.74.